The molecule has 0 aromatic rings. The molecule has 102 valence electrons. The second-order valence-corrected chi connectivity index (χ2v) is 5.03. The fourth-order valence-corrected chi connectivity index (χ4v) is 1.93. The van der Waals surface area contributed by atoms with Crippen molar-refractivity contribution in [3.05, 3.63) is 0 Å². The standard InChI is InChI=1S/C12H20N2O4/c1-8(2)5-10(15)13-3-4-14-7-9(12(17)18)6-11(14)16/h8-9H,3-7H2,1-2H3,(H,13,15)(H,17,18). The summed E-state index contributed by atoms with van der Waals surface area (Å²) >= 11 is 0. The third-order valence-corrected chi connectivity index (χ3v) is 2.86. The molecular weight excluding hydrogens is 236 g/mol. The van der Waals surface area contributed by atoms with Crippen molar-refractivity contribution in [3.63, 3.8) is 0 Å². The van der Waals surface area contributed by atoms with Gasteiger partial charge in [0.25, 0.3) is 0 Å². The van der Waals surface area contributed by atoms with Crippen LogP contribution in [0.3, 0.4) is 0 Å². The molecule has 0 aliphatic carbocycles. The Morgan fingerprint density at radius 1 is 1.50 bits per heavy atom. The van der Waals surface area contributed by atoms with Crippen molar-refractivity contribution in [1.29, 1.82) is 0 Å². The van der Waals surface area contributed by atoms with Gasteiger partial charge in [-0.1, -0.05) is 13.8 Å². The van der Waals surface area contributed by atoms with Crippen LogP contribution in [0.4, 0.5) is 0 Å². The number of hydrogen-bond donors (Lipinski definition) is 2. The summed E-state index contributed by atoms with van der Waals surface area (Å²) in [4.78, 5) is 35.1. The first-order chi connectivity index (χ1) is 8.40. The summed E-state index contributed by atoms with van der Waals surface area (Å²) in [6.45, 7) is 4.92. The number of amides is 2. The minimum absolute atomic E-state index is 0.0357. The van der Waals surface area contributed by atoms with Crippen molar-refractivity contribution >= 4 is 17.8 Å². The first-order valence-corrected chi connectivity index (χ1v) is 6.17. The highest BCUT2D eigenvalue weighted by molar-refractivity contribution is 5.86. The van der Waals surface area contributed by atoms with Crippen LogP contribution in [0.2, 0.25) is 0 Å². The van der Waals surface area contributed by atoms with E-state index in [-0.39, 0.29) is 24.8 Å². The first-order valence-electron chi connectivity index (χ1n) is 6.17. The molecule has 1 heterocycles. The van der Waals surface area contributed by atoms with E-state index in [1.807, 2.05) is 13.8 Å². The monoisotopic (exact) mass is 256 g/mol. The van der Waals surface area contributed by atoms with Crippen molar-refractivity contribution in [1.82, 2.24) is 10.2 Å². The van der Waals surface area contributed by atoms with Crippen LogP contribution < -0.4 is 5.32 Å². The Labute approximate surface area is 106 Å². The average Bonchev–Trinajstić information content (AvgIpc) is 2.59. The Morgan fingerprint density at radius 2 is 2.17 bits per heavy atom. The molecule has 2 amide bonds. The maximum atomic E-state index is 11.5. The van der Waals surface area contributed by atoms with Gasteiger partial charge in [0.2, 0.25) is 11.8 Å². The van der Waals surface area contributed by atoms with Gasteiger partial charge >= 0.3 is 5.97 Å². The third-order valence-electron chi connectivity index (χ3n) is 2.86. The Kier molecular flexibility index (Phi) is 5.12. The summed E-state index contributed by atoms with van der Waals surface area (Å²) in [5.74, 6) is -1.43. The number of hydrogen-bond acceptors (Lipinski definition) is 3. The van der Waals surface area contributed by atoms with Gasteiger partial charge in [-0.15, -0.1) is 0 Å². The Balaban J connectivity index is 2.26. The van der Waals surface area contributed by atoms with E-state index < -0.39 is 11.9 Å². The van der Waals surface area contributed by atoms with Crippen LogP contribution in [0, 0.1) is 11.8 Å². The SMILES string of the molecule is CC(C)CC(=O)NCCN1CC(C(=O)O)CC1=O. The van der Waals surface area contributed by atoms with Crippen LogP contribution in [0.1, 0.15) is 26.7 Å². The maximum Gasteiger partial charge on any atom is 0.308 e. The summed E-state index contributed by atoms with van der Waals surface area (Å²) in [5.41, 5.74) is 0. The van der Waals surface area contributed by atoms with Crippen molar-refractivity contribution < 1.29 is 19.5 Å². The van der Waals surface area contributed by atoms with E-state index in [9.17, 15) is 14.4 Å². The molecule has 1 aliphatic heterocycles. The molecule has 1 unspecified atom stereocenters. The van der Waals surface area contributed by atoms with Crippen LogP contribution in [0.15, 0.2) is 0 Å². The fourth-order valence-electron chi connectivity index (χ4n) is 1.93. The number of nitrogens with zero attached hydrogens (tertiary/aromatic N) is 1. The summed E-state index contributed by atoms with van der Waals surface area (Å²) in [6, 6.07) is 0. The lowest BCUT2D eigenvalue weighted by atomic mass is 10.1. The molecule has 0 spiro atoms. The van der Waals surface area contributed by atoms with Gasteiger partial charge in [0.15, 0.2) is 0 Å². The molecule has 0 bridgehead atoms. The zero-order valence-corrected chi connectivity index (χ0v) is 10.8. The van der Waals surface area contributed by atoms with E-state index >= 15 is 0 Å². The van der Waals surface area contributed by atoms with Crippen LogP contribution in [0.5, 0.6) is 0 Å². The van der Waals surface area contributed by atoms with Gasteiger partial charge in [0.1, 0.15) is 0 Å². The Morgan fingerprint density at radius 3 is 2.67 bits per heavy atom. The van der Waals surface area contributed by atoms with Crippen molar-refractivity contribution in [2.45, 2.75) is 26.7 Å². The van der Waals surface area contributed by atoms with Gasteiger partial charge in [0.05, 0.1) is 5.92 Å². The molecular formula is C12H20N2O4. The van der Waals surface area contributed by atoms with Crippen LogP contribution in [0.25, 0.3) is 0 Å². The van der Waals surface area contributed by atoms with E-state index in [1.165, 1.54) is 4.90 Å². The smallest absolute Gasteiger partial charge is 0.308 e. The van der Waals surface area contributed by atoms with E-state index in [0.717, 1.165) is 0 Å². The minimum Gasteiger partial charge on any atom is -0.481 e. The number of nitrogens with one attached hydrogen (secondary N) is 1. The molecule has 0 aromatic heterocycles. The van der Waals surface area contributed by atoms with E-state index in [1.54, 1.807) is 0 Å². The summed E-state index contributed by atoms with van der Waals surface area (Å²) in [5, 5.41) is 11.5. The number of carbonyl (C=O) groups excluding carboxylic acids is 2. The van der Waals surface area contributed by atoms with Crippen molar-refractivity contribution in [3.8, 4) is 0 Å². The molecule has 6 heteroatoms. The molecule has 1 saturated heterocycles. The third kappa shape index (κ3) is 4.35. The highest BCUT2D eigenvalue weighted by Crippen LogP contribution is 2.17. The topological polar surface area (TPSA) is 86.7 Å². The average molecular weight is 256 g/mol. The lowest BCUT2D eigenvalue weighted by molar-refractivity contribution is -0.141. The Bertz CT molecular complexity index is 341. The largest absolute Gasteiger partial charge is 0.481 e. The minimum atomic E-state index is -0.935. The number of aliphatic carboxylic acids is 1. The summed E-state index contributed by atoms with van der Waals surface area (Å²) < 4.78 is 0. The summed E-state index contributed by atoms with van der Waals surface area (Å²) in [7, 11) is 0. The highest BCUT2D eigenvalue weighted by atomic mass is 16.4. The first kappa shape index (κ1) is 14.5. The van der Waals surface area contributed by atoms with E-state index in [4.69, 9.17) is 5.11 Å². The fraction of sp³-hybridized carbons (Fsp3) is 0.750. The van der Waals surface area contributed by atoms with Crippen molar-refractivity contribution in [2.75, 3.05) is 19.6 Å². The second kappa shape index (κ2) is 6.37. The predicted molar refractivity (Wildman–Crippen MR) is 64.8 cm³/mol. The lowest BCUT2D eigenvalue weighted by Crippen LogP contribution is -2.36. The molecule has 0 aromatic carbocycles. The van der Waals surface area contributed by atoms with Crippen LogP contribution in [-0.2, 0) is 14.4 Å². The zero-order valence-electron chi connectivity index (χ0n) is 10.8. The van der Waals surface area contributed by atoms with Gasteiger partial charge in [0, 0.05) is 32.5 Å². The van der Waals surface area contributed by atoms with Gasteiger partial charge < -0.3 is 15.3 Å². The normalized spacial score (nSPS) is 19.4. The van der Waals surface area contributed by atoms with Crippen LogP contribution >= 0.6 is 0 Å². The number of carboxylic acid groups (broad SMARTS) is 1. The molecule has 1 rings (SSSR count). The van der Waals surface area contributed by atoms with Gasteiger partial charge in [-0.05, 0) is 5.92 Å². The van der Waals surface area contributed by atoms with E-state index in [2.05, 4.69) is 5.32 Å². The predicted octanol–water partition coefficient (Wildman–Crippen LogP) is 0.0818. The summed E-state index contributed by atoms with van der Waals surface area (Å²) in [6.07, 6.45) is 0.529. The number of rotatable bonds is 6. The quantitative estimate of drug-likeness (QED) is 0.704. The molecule has 0 saturated carbocycles. The highest BCUT2D eigenvalue weighted by Gasteiger charge is 2.33. The van der Waals surface area contributed by atoms with Gasteiger partial charge in [-0.2, -0.15) is 0 Å². The van der Waals surface area contributed by atoms with E-state index in [0.29, 0.717) is 25.4 Å². The number of likely N-dealkylation sites (tertiary alicyclic amines) is 1. The molecule has 1 fully saturated rings. The molecule has 1 atom stereocenters. The zero-order chi connectivity index (χ0) is 13.7. The number of carbonyl (C=O) groups is 3. The number of carboxylic acids is 1. The maximum absolute atomic E-state index is 11.5. The molecule has 18 heavy (non-hydrogen) atoms. The Hall–Kier alpha value is -1.59. The molecule has 6 nitrogen and oxygen atoms in total. The second-order valence-electron chi connectivity index (χ2n) is 5.03. The molecule has 0 radical (unpaired) electrons. The molecule has 2 N–H and O–H groups in total. The van der Waals surface area contributed by atoms with Crippen molar-refractivity contribution in [2.24, 2.45) is 11.8 Å². The van der Waals surface area contributed by atoms with Gasteiger partial charge in [-0.25, -0.2) is 0 Å². The lowest BCUT2D eigenvalue weighted by Gasteiger charge is -2.16. The van der Waals surface area contributed by atoms with Crippen LogP contribution in [-0.4, -0.2) is 47.4 Å². The molecule has 1 aliphatic rings. The van der Waals surface area contributed by atoms with Gasteiger partial charge in [-0.3, -0.25) is 14.4 Å².